The molecule has 0 bridgehead atoms. The zero-order valence-electron chi connectivity index (χ0n) is 15.0. The number of likely N-dealkylation sites (N-methyl/N-ethyl adjacent to an activating group) is 1. The Balaban J connectivity index is 1.62. The Kier molecular flexibility index (Phi) is 4.07. The highest BCUT2D eigenvalue weighted by Gasteiger charge is 2.45. The monoisotopic (exact) mass is 354 g/mol. The fourth-order valence-electron chi connectivity index (χ4n) is 3.96. The second kappa shape index (κ2) is 6.29. The lowest BCUT2D eigenvalue weighted by molar-refractivity contribution is -0.158. The zero-order chi connectivity index (χ0) is 18.3. The molecule has 2 aliphatic heterocycles. The Labute approximate surface area is 152 Å². The van der Waals surface area contributed by atoms with Crippen LogP contribution in [-0.4, -0.2) is 67.6 Å². The van der Waals surface area contributed by atoms with Crippen LogP contribution in [0.5, 0.6) is 5.75 Å². The molecule has 2 saturated heterocycles. The van der Waals surface area contributed by atoms with Gasteiger partial charge in [0.2, 0.25) is 5.91 Å². The van der Waals surface area contributed by atoms with E-state index in [-0.39, 0.29) is 18.4 Å². The molecule has 136 valence electrons. The summed E-state index contributed by atoms with van der Waals surface area (Å²) in [5.41, 5.74) is 0.222. The number of benzene rings is 2. The molecule has 2 fully saturated rings. The number of carbonyl (C=O) groups is 2. The highest BCUT2D eigenvalue weighted by Crippen LogP contribution is 2.33. The molecular weight excluding hydrogens is 332 g/mol. The van der Waals surface area contributed by atoms with Crippen molar-refractivity contribution in [3.63, 3.8) is 0 Å². The molecule has 0 aromatic heterocycles. The van der Waals surface area contributed by atoms with Gasteiger partial charge < -0.3 is 19.3 Å². The van der Waals surface area contributed by atoms with Crippen molar-refractivity contribution in [3.05, 3.63) is 42.0 Å². The molecule has 2 aliphatic rings. The van der Waals surface area contributed by atoms with Gasteiger partial charge in [0.1, 0.15) is 18.0 Å². The zero-order valence-corrected chi connectivity index (χ0v) is 15.0. The van der Waals surface area contributed by atoms with Gasteiger partial charge in [0.25, 0.3) is 5.91 Å². The topological polar surface area (TPSA) is 59.1 Å². The number of carbonyl (C=O) groups excluding carboxylic acids is 2. The molecule has 0 aliphatic carbocycles. The van der Waals surface area contributed by atoms with Gasteiger partial charge in [-0.25, -0.2) is 0 Å². The highest BCUT2D eigenvalue weighted by molar-refractivity contribution is 6.08. The van der Waals surface area contributed by atoms with E-state index in [0.717, 1.165) is 22.9 Å². The van der Waals surface area contributed by atoms with Crippen molar-refractivity contribution in [2.24, 2.45) is 0 Å². The second-order valence-corrected chi connectivity index (χ2v) is 7.06. The van der Waals surface area contributed by atoms with Gasteiger partial charge in [0, 0.05) is 24.5 Å². The third-order valence-corrected chi connectivity index (χ3v) is 5.39. The van der Waals surface area contributed by atoms with Crippen LogP contribution in [0.4, 0.5) is 0 Å². The van der Waals surface area contributed by atoms with E-state index in [2.05, 4.69) is 0 Å². The number of fused-ring (bicyclic) bond motifs is 1. The fraction of sp³-hybridized carbons (Fsp3) is 0.400. The Morgan fingerprint density at radius 2 is 1.92 bits per heavy atom. The minimum atomic E-state index is -0.444. The minimum absolute atomic E-state index is 0.0103. The van der Waals surface area contributed by atoms with Gasteiger partial charge in [-0.15, -0.1) is 0 Å². The third kappa shape index (κ3) is 2.70. The average Bonchev–Trinajstić information content (AvgIpc) is 3.07. The first-order chi connectivity index (χ1) is 12.5. The first kappa shape index (κ1) is 16.8. The van der Waals surface area contributed by atoms with Crippen LogP contribution in [0.25, 0.3) is 10.8 Å². The molecule has 4 rings (SSSR count). The standard InChI is InChI=1S/C20H22N2O4/c1-21-12-20(26-11-18(21)23)9-10-22(13-20)19(24)16-7-8-17(25-2)15-6-4-3-5-14(15)16/h3-8H,9-13H2,1-2H3/t20-/m1/s1. The SMILES string of the molecule is COc1ccc(C(=O)N2CC[C@@]3(CN(C)C(=O)CO3)C2)c2ccccc12. The van der Waals surface area contributed by atoms with Crippen molar-refractivity contribution in [1.29, 1.82) is 0 Å². The molecule has 6 heteroatoms. The average molecular weight is 354 g/mol. The first-order valence-corrected chi connectivity index (χ1v) is 8.76. The summed E-state index contributed by atoms with van der Waals surface area (Å²) in [4.78, 5) is 28.4. The molecule has 2 aromatic carbocycles. The summed E-state index contributed by atoms with van der Waals surface area (Å²) < 4.78 is 11.3. The van der Waals surface area contributed by atoms with Crippen LogP contribution in [0.15, 0.2) is 36.4 Å². The first-order valence-electron chi connectivity index (χ1n) is 8.76. The number of morpholine rings is 1. The summed E-state index contributed by atoms with van der Waals surface area (Å²) in [5.74, 6) is 0.733. The van der Waals surface area contributed by atoms with Crippen molar-refractivity contribution >= 4 is 22.6 Å². The molecule has 6 nitrogen and oxygen atoms in total. The van der Waals surface area contributed by atoms with E-state index >= 15 is 0 Å². The number of likely N-dealkylation sites (tertiary alicyclic amines) is 1. The quantitative estimate of drug-likeness (QED) is 0.827. The Morgan fingerprint density at radius 3 is 2.65 bits per heavy atom. The number of rotatable bonds is 2. The van der Waals surface area contributed by atoms with Crippen LogP contribution in [0.1, 0.15) is 16.8 Å². The van der Waals surface area contributed by atoms with Gasteiger partial charge in [-0.1, -0.05) is 24.3 Å². The minimum Gasteiger partial charge on any atom is -0.496 e. The molecule has 1 atom stereocenters. The van der Waals surface area contributed by atoms with Gasteiger partial charge in [-0.3, -0.25) is 9.59 Å². The predicted octanol–water partition coefficient (Wildman–Crippen LogP) is 1.92. The lowest BCUT2D eigenvalue weighted by Crippen LogP contribution is -2.54. The Hall–Kier alpha value is -2.60. The lowest BCUT2D eigenvalue weighted by Gasteiger charge is -2.38. The number of hydrogen-bond acceptors (Lipinski definition) is 4. The van der Waals surface area contributed by atoms with Crippen molar-refractivity contribution in [3.8, 4) is 5.75 Å². The fourth-order valence-corrected chi connectivity index (χ4v) is 3.96. The van der Waals surface area contributed by atoms with E-state index in [1.165, 1.54) is 0 Å². The maximum atomic E-state index is 13.2. The normalized spacial score (nSPS) is 23.1. The summed E-state index contributed by atoms with van der Waals surface area (Å²) in [6.07, 6.45) is 0.741. The van der Waals surface area contributed by atoms with Gasteiger partial charge in [-0.2, -0.15) is 0 Å². The van der Waals surface area contributed by atoms with Crippen LogP contribution in [0.3, 0.4) is 0 Å². The molecular formula is C20H22N2O4. The van der Waals surface area contributed by atoms with Crippen molar-refractivity contribution in [2.75, 3.05) is 40.4 Å². The number of methoxy groups -OCH3 is 1. The van der Waals surface area contributed by atoms with Gasteiger partial charge in [-0.05, 0) is 23.9 Å². The number of ether oxygens (including phenoxy) is 2. The number of hydrogen-bond donors (Lipinski definition) is 0. The van der Waals surface area contributed by atoms with Crippen LogP contribution < -0.4 is 4.74 Å². The Morgan fingerprint density at radius 1 is 1.15 bits per heavy atom. The summed E-state index contributed by atoms with van der Waals surface area (Å²) in [5, 5.41) is 1.81. The van der Waals surface area contributed by atoms with Crippen molar-refractivity contribution < 1.29 is 19.1 Å². The molecule has 0 radical (unpaired) electrons. The van der Waals surface area contributed by atoms with E-state index < -0.39 is 5.60 Å². The lowest BCUT2D eigenvalue weighted by atomic mass is 10.0. The molecule has 0 unspecified atom stereocenters. The molecule has 0 N–H and O–H groups in total. The number of nitrogens with zero attached hydrogens (tertiary/aromatic N) is 2. The summed E-state index contributed by atoms with van der Waals surface area (Å²) in [6, 6.07) is 11.4. The van der Waals surface area contributed by atoms with E-state index in [0.29, 0.717) is 25.2 Å². The molecule has 26 heavy (non-hydrogen) atoms. The molecule has 2 heterocycles. The Bertz CT molecular complexity index is 881. The number of amides is 2. The van der Waals surface area contributed by atoms with Gasteiger partial charge in [0.05, 0.1) is 20.2 Å². The maximum Gasteiger partial charge on any atom is 0.254 e. The van der Waals surface area contributed by atoms with Crippen molar-refractivity contribution in [1.82, 2.24) is 9.80 Å². The van der Waals surface area contributed by atoms with E-state index in [4.69, 9.17) is 9.47 Å². The van der Waals surface area contributed by atoms with Crippen LogP contribution in [-0.2, 0) is 9.53 Å². The largest absolute Gasteiger partial charge is 0.496 e. The van der Waals surface area contributed by atoms with Gasteiger partial charge in [0.15, 0.2) is 0 Å². The molecule has 2 aromatic rings. The predicted molar refractivity (Wildman–Crippen MR) is 97.3 cm³/mol. The molecule has 0 saturated carbocycles. The van der Waals surface area contributed by atoms with Gasteiger partial charge >= 0.3 is 0 Å². The van der Waals surface area contributed by atoms with E-state index in [1.54, 1.807) is 19.1 Å². The highest BCUT2D eigenvalue weighted by atomic mass is 16.5. The van der Waals surface area contributed by atoms with Crippen LogP contribution >= 0.6 is 0 Å². The van der Waals surface area contributed by atoms with Crippen LogP contribution in [0.2, 0.25) is 0 Å². The second-order valence-electron chi connectivity index (χ2n) is 7.06. The smallest absolute Gasteiger partial charge is 0.254 e. The van der Waals surface area contributed by atoms with Crippen molar-refractivity contribution in [2.45, 2.75) is 12.0 Å². The summed E-state index contributed by atoms with van der Waals surface area (Å²) in [6.45, 7) is 1.74. The molecule has 1 spiro atoms. The maximum absolute atomic E-state index is 13.2. The van der Waals surface area contributed by atoms with E-state index in [1.807, 2.05) is 41.3 Å². The molecule has 2 amide bonds. The van der Waals surface area contributed by atoms with E-state index in [9.17, 15) is 9.59 Å². The van der Waals surface area contributed by atoms with Crippen LogP contribution in [0, 0.1) is 0 Å². The summed E-state index contributed by atoms with van der Waals surface area (Å²) in [7, 11) is 3.42. The third-order valence-electron chi connectivity index (χ3n) is 5.39. The summed E-state index contributed by atoms with van der Waals surface area (Å²) >= 11 is 0.